The number of nitrogens with zero attached hydrogens (tertiary/aromatic N) is 3. The highest BCUT2D eigenvalue weighted by Gasteiger charge is 2.38. The van der Waals surface area contributed by atoms with Gasteiger partial charge in [0.1, 0.15) is 11.8 Å². The van der Waals surface area contributed by atoms with Gasteiger partial charge in [0, 0.05) is 26.2 Å². The number of rotatable bonds is 4. The highest BCUT2D eigenvalue weighted by molar-refractivity contribution is 5.68. The summed E-state index contributed by atoms with van der Waals surface area (Å²) < 4.78 is 16.7. The van der Waals surface area contributed by atoms with Gasteiger partial charge in [-0.05, 0) is 50.5 Å². The van der Waals surface area contributed by atoms with Crippen molar-refractivity contribution in [1.82, 2.24) is 9.80 Å². The highest BCUT2D eigenvalue weighted by Crippen LogP contribution is 2.34. The maximum Gasteiger partial charge on any atom is 0.410 e. The van der Waals surface area contributed by atoms with E-state index in [2.05, 4.69) is 24.8 Å². The van der Waals surface area contributed by atoms with E-state index >= 15 is 0 Å². The molecule has 2 heterocycles. The maximum atomic E-state index is 12.2. The number of ether oxygens (including phenoxy) is 3. The van der Waals surface area contributed by atoms with Crippen molar-refractivity contribution >= 4 is 6.09 Å². The van der Waals surface area contributed by atoms with E-state index < -0.39 is 0 Å². The van der Waals surface area contributed by atoms with Crippen molar-refractivity contribution in [2.45, 2.75) is 38.8 Å². The number of nitriles is 1. The predicted molar refractivity (Wildman–Crippen MR) is 104 cm³/mol. The zero-order valence-corrected chi connectivity index (χ0v) is 17.2. The molecule has 0 saturated carbocycles. The van der Waals surface area contributed by atoms with Crippen LogP contribution in [-0.2, 0) is 15.9 Å². The average molecular weight is 387 g/mol. The van der Waals surface area contributed by atoms with Crippen LogP contribution in [0.2, 0.25) is 0 Å². The Hall–Kier alpha value is -2.30. The number of fused-ring (bicyclic) bond motifs is 1. The predicted octanol–water partition coefficient (Wildman–Crippen LogP) is 2.73. The molecule has 7 nitrogen and oxygen atoms in total. The Morgan fingerprint density at radius 2 is 2.18 bits per heavy atom. The van der Waals surface area contributed by atoms with E-state index in [1.54, 1.807) is 7.11 Å². The fourth-order valence-corrected chi connectivity index (χ4v) is 4.15. The summed E-state index contributed by atoms with van der Waals surface area (Å²) in [5.74, 6) is 0.587. The van der Waals surface area contributed by atoms with E-state index in [-0.39, 0.29) is 17.7 Å². The molecule has 152 valence electrons. The zero-order chi connectivity index (χ0) is 20.3. The fraction of sp³-hybridized carbons (Fsp3) is 0.619. The molecular formula is C21H29N3O4. The number of piperazine rings is 1. The lowest BCUT2D eigenvalue weighted by atomic mass is 9.93. The van der Waals surface area contributed by atoms with Crippen molar-refractivity contribution in [3.63, 3.8) is 0 Å². The largest absolute Gasteiger partial charge is 0.495 e. The third kappa shape index (κ3) is 4.08. The van der Waals surface area contributed by atoms with Crippen LogP contribution in [0.1, 0.15) is 43.6 Å². The fourth-order valence-electron chi connectivity index (χ4n) is 4.15. The van der Waals surface area contributed by atoms with Crippen molar-refractivity contribution in [2.75, 3.05) is 46.5 Å². The molecule has 0 aliphatic carbocycles. The molecule has 1 aromatic rings. The summed E-state index contributed by atoms with van der Waals surface area (Å²) in [6.07, 6.45) is 0.475. The van der Waals surface area contributed by atoms with Crippen molar-refractivity contribution in [2.24, 2.45) is 0 Å². The van der Waals surface area contributed by atoms with E-state index in [4.69, 9.17) is 14.2 Å². The Morgan fingerprint density at radius 3 is 2.82 bits per heavy atom. The first-order chi connectivity index (χ1) is 13.4. The molecule has 1 fully saturated rings. The second-order valence-corrected chi connectivity index (χ2v) is 7.87. The van der Waals surface area contributed by atoms with E-state index in [0.717, 1.165) is 37.2 Å². The topological polar surface area (TPSA) is 75.0 Å². The van der Waals surface area contributed by atoms with Crippen molar-refractivity contribution < 1.29 is 19.0 Å². The Morgan fingerprint density at radius 1 is 1.39 bits per heavy atom. The number of benzene rings is 1. The molecule has 1 aromatic carbocycles. The number of hydrogen-bond acceptors (Lipinski definition) is 6. The monoisotopic (exact) mass is 387 g/mol. The Balaban J connectivity index is 1.74. The Labute approximate surface area is 166 Å². The third-order valence-electron chi connectivity index (χ3n) is 5.51. The van der Waals surface area contributed by atoms with Gasteiger partial charge in [-0.15, -0.1) is 0 Å². The smallest absolute Gasteiger partial charge is 0.410 e. The standard InChI is InChI=1S/C21H29N3O4/c1-5-27-20(25)24-8-7-23(14-21(24,2)3)13-19-17-11-18(26-4)16(12-22)10-15(17)6-9-28-19/h10-11,19H,5-9,13-14H2,1-4H3. The molecule has 1 unspecified atom stereocenters. The summed E-state index contributed by atoms with van der Waals surface area (Å²) in [5, 5.41) is 9.33. The molecule has 0 bridgehead atoms. The quantitative estimate of drug-likeness (QED) is 0.791. The molecule has 3 rings (SSSR count). The first kappa shape index (κ1) is 20.4. The SMILES string of the molecule is CCOC(=O)N1CCN(CC2OCCc3cc(C#N)c(OC)cc32)CC1(C)C. The minimum absolute atomic E-state index is 0.0738. The molecule has 2 aliphatic rings. The lowest BCUT2D eigenvalue weighted by Crippen LogP contribution is -2.61. The van der Waals surface area contributed by atoms with Gasteiger partial charge in [0.25, 0.3) is 0 Å². The summed E-state index contributed by atoms with van der Waals surface area (Å²) in [6, 6.07) is 6.07. The number of hydrogen-bond donors (Lipinski definition) is 0. The highest BCUT2D eigenvalue weighted by atomic mass is 16.6. The van der Waals surface area contributed by atoms with Crippen LogP contribution in [-0.4, -0.2) is 67.9 Å². The minimum atomic E-state index is -0.315. The summed E-state index contributed by atoms with van der Waals surface area (Å²) >= 11 is 0. The summed E-state index contributed by atoms with van der Waals surface area (Å²) in [4.78, 5) is 16.4. The molecule has 1 atom stereocenters. The first-order valence-corrected chi connectivity index (χ1v) is 9.79. The molecule has 0 N–H and O–H groups in total. The average Bonchev–Trinajstić information content (AvgIpc) is 2.66. The van der Waals surface area contributed by atoms with Gasteiger partial charge >= 0.3 is 6.09 Å². The van der Waals surface area contributed by atoms with Crippen LogP contribution < -0.4 is 4.74 Å². The van der Waals surface area contributed by atoms with E-state index in [9.17, 15) is 10.1 Å². The molecule has 0 spiro atoms. The van der Waals surface area contributed by atoms with Gasteiger partial charge in [-0.2, -0.15) is 5.26 Å². The van der Waals surface area contributed by atoms with Crippen LogP contribution in [0.5, 0.6) is 5.75 Å². The zero-order valence-electron chi connectivity index (χ0n) is 17.2. The second kappa shape index (κ2) is 8.38. The van der Waals surface area contributed by atoms with E-state index in [1.807, 2.05) is 24.0 Å². The Kier molecular flexibility index (Phi) is 6.11. The number of carbonyl (C=O) groups is 1. The van der Waals surface area contributed by atoms with Gasteiger partial charge in [-0.3, -0.25) is 4.90 Å². The van der Waals surface area contributed by atoms with Gasteiger partial charge in [0.05, 0.1) is 37.5 Å². The molecule has 7 heteroatoms. The summed E-state index contributed by atoms with van der Waals surface area (Å²) in [6.45, 7) is 9.85. The number of amides is 1. The lowest BCUT2D eigenvalue weighted by molar-refractivity contribution is -0.0251. The van der Waals surface area contributed by atoms with Gasteiger partial charge in [0.15, 0.2) is 0 Å². The van der Waals surface area contributed by atoms with Crippen LogP contribution in [0.15, 0.2) is 12.1 Å². The Bertz CT molecular complexity index is 772. The third-order valence-corrected chi connectivity index (χ3v) is 5.51. The van der Waals surface area contributed by atoms with Crippen molar-refractivity contribution in [3.05, 3.63) is 28.8 Å². The van der Waals surface area contributed by atoms with Crippen LogP contribution in [0, 0.1) is 11.3 Å². The number of methoxy groups -OCH3 is 1. The molecule has 1 saturated heterocycles. The van der Waals surface area contributed by atoms with Crippen LogP contribution in [0.25, 0.3) is 0 Å². The van der Waals surface area contributed by atoms with Gasteiger partial charge in [-0.25, -0.2) is 4.79 Å². The first-order valence-electron chi connectivity index (χ1n) is 9.79. The normalized spacial score (nSPS) is 21.5. The molecule has 1 amide bonds. The second-order valence-electron chi connectivity index (χ2n) is 7.87. The van der Waals surface area contributed by atoms with Gasteiger partial charge in [-0.1, -0.05) is 0 Å². The van der Waals surface area contributed by atoms with Gasteiger partial charge < -0.3 is 19.1 Å². The van der Waals surface area contributed by atoms with Crippen LogP contribution >= 0.6 is 0 Å². The summed E-state index contributed by atoms with van der Waals surface area (Å²) in [7, 11) is 1.58. The molecule has 0 aromatic heterocycles. The lowest BCUT2D eigenvalue weighted by Gasteiger charge is -2.47. The number of carbonyl (C=O) groups excluding carboxylic acids is 1. The van der Waals surface area contributed by atoms with E-state index in [0.29, 0.717) is 31.1 Å². The minimum Gasteiger partial charge on any atom is -0.495 e. The summed E-state index contributed by atoms with van der Waals surface area (Å²) in [5.41, 5.74) is 2.49. The van der Waals surface area contributed by atoms with Crippen LogP contribution in [0.4, 0.5) is 4.79 Å². The molecule has 28 heavy (non-hydrogen) atoms. The van der Waals surface area contributed by atoms with Crippen molar-refractivity contribution in [1.29, 1.82) is 5.26 Å². The van der Waals surface area contributed by atoms with Crippen molar-refractivity contribution in [3.8, 4) is 11.8 Å². The maximum absolute atomic E-state index is 12.2. The molecule has 0 radical (unpaired) electrons. The van der Waals surface area contributed by atoms with E-state index in [1.165, 1.54) is 0 Å². The molecule has 2 aliphatic heterocycles. The molecular weight excluding hydrogens is 358 g/mol. The van der Waals surface area contributed by atoms with Crippen LogP contribution in [0.3, 0.4) is 0 Å². The van der Waals surface area contributed by atoms with Gasteiger partial charge in [0.2, 0.25) is 0 Å².